The number of pyridine rings is 1. The Hall–Kier alpha value is -2.05. The van der Waals surface area contributed by atoms with Gasteiger partial charge in [0.15, 0.2) is 0 Å². The molecule has 4 nitrogen and oxygen atoms in total. The molecule has 1 fully saturated rings. The highest BCUT2D eigenvalue weighted by Crippen LogP contribution is 2.34. The molecule has 112 valence electrons. The van der Waals surface area contributed by atoms with Gasteiger partial charge in [-0.2, -0.15) is 18.3 Å². The Morgan fingerprint density at radius 2 is 1.90 bits per heavy atom. The third-order valence-corrected chi connectivity index (χ3v) is 3.90. The van der Waals surface area contributed by atoms with Gasteiger partial charge < -0.3 is 4.90 Å². The van der Waals surface area contributed by atoms with Crippen molar-refractivity contribution in [1.29, 1.82) is 0 Å². The van der Waals surface area contributed by atoms with Crippen LogP contribution in [0, 0.1) is 0 Å². The number of anilines is 1. The van der Waals surface area contributed by atoms with Crippen molar-refractivity contribution in [3.05, 3.63) is 42.0 Å². The van der Waals surface area contributed by atoms with E-state index in [-0.39, 0.29) is 5.92 Å². The van der Waals surface area contributed by atoms with Crippen molar-refractivity contribution >= 4 is 5.69 Å². The second-order valence-corrected chi connectivity index (χ2v) is 5.22. The monoisotopic (exact) mass is 296 g/mol. The molecule has 0 aliphatic carbocycles. The van der Waals surface area contributed by atoms with Crippen molar-refractivity contribution in [3.8, 4) is 0 Å². The van der Waals surface area contributed by atoms with Gasteiger partial charge in [-0.15, -0.1) is 0 Å². The Morgan fingerprint density at radius 1 is 1.14 bits per heavy atom. The average molecular weight is 296 g/mol. The topological polar surface area (TPSA) is 44.8 Å². The van der Waals surface area contributed by atoms with Crippen molar-refractivity contribution in [3.63, 3.8) is 0 Å². The molecular weight excluding hydrogens is 281 g/mol. The van der Waals surface area contributed by atoms with Crippen molar-refractivity contribution in [2.75, 3.05) is 18.0 Å². The van der Waals surface area contributed by atoms with Crippen LogP contribution in [0.2, 0.25) is 0 Å². The molecule has 1 saturated heterocycles. The minimum Gasteiger partial charge on any atom is -0.369 e. The molecule has 0 atom stereocenters. The number of hydrogen-bond donors (Lipinski definition) is 1. The van der Waals surface area contributed by atoms with Gasteiger partial charge in [0.05, 0.1) is 17.4 Å². The molecule has 7 heteroatoms. The molecule has 1 aliphatic heterocycles. The third kappa shape index (κ3) is 3.01. The highest BCUT2D eigenvalue weighted by Gasteiger charge is 2.32. The maximum absolute atomic E-state index is 12.7. The zero-order valence-corrected chi connectivity index (χ0v) is 11.3. The lowest BCUT2D eigenvalue weighted by atomic mass is 9.89. The average Bonchev–Trinajstić information content (AvgIpc) is 3.01. The van der Waals surface area contributed by atoms with Crippen molar-refractivity contribution in [2.45, 2.75) is 24.9 Å². The molecule has 3 heterocycles. The molecule has 0 aromatic carbocycles. The first-order chi connectivity index (χ1) is 10.0. The minimum absolute atomic E-state index is 0.128. The van der Waals surface area contributed by atoms with Crippen LogP contribution in [0.5, 0.6) is 0 Å². The number of nitrogens with zero attached hydrogens (tertiary/aromatic N) is 3. The van der Waals surface area contributed by atoms with Crippen molar-refractivity contribution in [2.24, 2.45) is 0 Å². The van der Waals surface area contributed by atoms with Crippen LogP contribution in [-0.4, -0.2) is 28.3 Å². The Morgan fingerprint density at radius 3 is 2.52 bits per heavy atom. The lowest BCUT2D eigenvalue weighted by molar-refractivity contribution is -0.137. The Kier molecular flexibility index (Phi) is 3.57. The first-order valence-electron chi connectivity index (χ1n) is 6.80. The molecular formula is C14H15F3N4. The van der Waals surface area contributed by atoms with Gasteiger partial charge in [0.2, 0.25) is 0 Å². The van der Waals surface area contributed by atoms with Gasteiger partial charge in [0.1, 0.15) is 0 Å². The first kappa shape index (κ1) is 13.9. The van der Waals surface area contributed by atoms with Crippen LogP contribution in [0.3, 0.4) is 0 Å². The van der Waals surface area contributed by atoms with Crippen LogP contribution in [0.15, 0.2) is 30.9 Å². The zero-order chi connectivity index (χ0) is 14.9. The fourth-order valence-electron chi connectivity index (χ4n) is 2.72. The molecule has 1 N–H and O–H groups in total. The zero-order valence-electron chi connectivity index (χ0n) is 11.3. The molecule has 0 radical (unpaired) electrons. The van der Waals surface area contributed by atoms with E-state index in [0.29, 0.717) is 5.56 Å². The van der Waals surface area contributed by atoms with E-state index in [1.165, 1.54) is 6.07 Å². The standard InChI is InChI=1S/C14H15F3N4/c15-14(16,17)12-5-11(6-18-7-12)10-1-3-21(4-2-10)13-8-19-20-9-13/h5-10H,1-4H2,(H,19,20). The fourth-order valence-corrected chi connectivity index (χ4v) is 2.72. The summed E-state index contributed by atoms with van der Waals surface area (Å²) in [6, 6.07) is 1.23. The minimum atomic E-state index is -4.33. The number of aromatic amines is 1. The van der Waals surface area contributed by atoms with Gasteiger partial charge in [0.25, 0.3) is 0 Å². The summed E-state index contributed by atoms with van der Waals surface area (Å²) in [5, 5.41) is 6.68. The molecule has 0 spiro atoms. The van der Waals surface area contributed by atoms with Crippen LogP contribution in [0.25, 0.3) is 0 Å². The maximum atomic E-state index is 12.7. The van der Waals surface area contributed by atoms with Crippen LogP contribution >= 0.6 is 0 Å². The number of aromatic nitrogens is 3. The summed E-state index contributed by atoms with van der Waals surface area (Å²) in [6.07, 6.45) is 3.30. The molecule has 0 amide bonds. The molecule has 0 unspecified atom stereocenters. The van der Waals surface area contributed by atoms with E-state index in [2.05, 4.69) is 20.1 Å². The van der Waals surface area contributed by atoms with E-state index >= 15 is 0 Å². The van der Waals surface area contributed by atoms with E-state index in [1.807, 2.05) is 6.20 Å². The molecule has 21 heavy (non-hydrogen) atoms. The SMILES string of the molecule is FC(F)(F)c1cncc(C2CCN(c3cn[nH]c3)CC2)c1. The first-order valence-corrected chi connectivity index (χ1v) is 6.80. The van der Waals surface area contributed by atoms with Gasteiger partial charge >= 0.3 is 6.18 Å². The van der Waals surface area contributed by atoms with Crippen LogP contribution in [-0.2, 0) is 6.18 Å². The summed E-state index contributed by atoms with van der Waals surface area (Å²) >= 11 is 0. The summed E-state index contributed by atoms with van der Waals surface area (Å²) in [5.41, 5.74) is 1.03. The largest absolute Gasteiger partial charge is 0.417 e. The van der Waals surface area contributed by atoms with Crippen LogP contribution in [0.1, 0.15) is 29.9 Å². The second kappa shape index (κ2) is 5.38. The van der Waals surface area contributed by atoms with E-state index in [9.17, 15) is 13.2 Å². The van der Waals surface area contributed by atoms with Crippen molar-refractivity contribution in [1.82, 2.24) is 15.2 Å². The smallest absolute Gasteiger partial charge is 0.369 e. The predicted molar refractivity (Wildman–Crippen MR) is 72.0 cm³/mol. The number of rotatable bonds is 2. The van der Waals surface area contributed by atoms with E-state index in [0.717, 1.165) is 37.8 Å². The summed E-state index contributed by atoms with van der Waals surface area (Å²) in [7, 11) is 0. The number of alkyl halides is 3. The molecule has 3 rings (SSSR count). The van der Waals surface area contributed by atoms with E-state index in [4.69, 9.17) is 0 Å². The van der Waals surface area contributed by atoms with Gasteiger partial charge in [-0.3, -0.25) is 10.1 Å². The van der Waals surface area contributed by atoms with Crippen molar-refractivity contribution < 1.29 is 13.2 Å². The third-order valence-electron chi connectivity index (χ3n) is 3.90. The van der Waals surface area contributed by atoms with Gasteiger partial charge in [-0.05, 0) is 30.4 Å². The predicted octanol–water partition coefficient (Wildman–Crippen LogP) is 3.21. The van der Waals surface area contributed by atoms with Gasteiger partial charge in [0, 0.05) is 31.7 Å². The number of nitrogens with one attached hydrogen (secondary N) is 1. The summed E-state index contributed by atoms with van der Waals surface area (Å²) in [6.45, 7) is 1.61. The molecule has 2 aromatic rings. The Bertz CT molecular complexity index is 587. The number of halogens is 3. The van der Waals surface area contributed by atoms with Gasteiger partial charge in [-0.25, -0.2) is 0 Å². The van der Waals surface area contributed by atoms with E-state index in [1.54, 1.807) is 12.4 Å². The Balaban J connectivity index is 1.70. The Labute approximate surface area is 120 Å². The summed E-state index contributed by atoms with van der Waals surface area (Å²) in [5.74, 6) is 0.128. The molecule has 1 aliphatic rings. The number of piperidine rings is 1. The van der Waals surface area contributed by atoms with Gasteiger partial charge in [-0.1, -0.05) is 0 Å². The lowest BCUT2D eigenvalue weighted by Gasteiger charge is -2.32. The second-order valence-electron chi connectivity index (χ2n) is 5.22. The normalized spacial score (nSPS) is 17.2. The molecule has 2 aromatic heterocycles. The number of hydrogen-bond acceptors (Lipinski definition) is 3. The fraction of sp³-hybridized carbons (Fsp3) is 0.429. The summed E-state index contributed by atoms with van der Waals surface area (Å²) in [4.78, 5) is 5.93. The molecule has 0 saturated carbocycles. The van der Waals surface area contributed by atoms with E-state index < -0.39 is 11.7 Å². The summed E-state index contributed by atoms with van der Waals surface area (Å²) < 4.78 is 38.2. The lowest BCUT2D eigenvalue weighted by Crippen LogP contribution is -2.32. The quantitative estimate of drug-likeness (QED) is 0.925. The molecule has 0 bridgehead atoms. The highest BCUT2D eigenvalue weighted by molar-refractivity contribution is 5.42. The van der Waals surface area contributed by atoms with Crippen LogP contribution < -0.4 is 4.90 Å². The highest BCUT2D eigenvalue weighted by atomic mass is 19.4. The maximum Gasteiger partial charge on any atom is 0.417 e. The van der Waals surface area contributed by atoms with Crippen LogP contribution in [0.4, 0.5) is 18.9 Å². The number of H-pyrrole nitrogens is 1.